The highest BCUT2D eigenvalue weighted by atomic mass is 19.1. The Morgan fingerprint density at radius 3 is 2.30 bits per heavy atom. The number of ether oxygens (including phenoxy) is 1. The van der Waals surface area contributed by atoms with Crippen LogP contribution in [0.1, 0.15) is 22.4 Å². The predicted octanol–water partition coefficient (Wildman–Crippen LogP) is 1.59. The predicted molar refractivity (Wildman–Crippen MR) is 113 cm³/mol. The van der Waals surface area contributed by atoms with Crippen LogP contribution in [0.4, 0.5) is 4.39 Å². The molecule has 0 unspecified atom stereocenters. The smallest absolute Gasteiger partial charge is 0.170 e. The van der Waals surface area contributed by atoms with Crippen molar-refractivity contribution in [1.82, 2.24) is 5.16 Å². The second kappa shape index (κ2) is 8.98. The molecule has 1 aromatic heterocycles. The zero-order valence-electron chi connectivity index (χ0n) is 17.9. The zero-order valence-corrected chi connectivity index (χ0v) is 17.9. The molecule has 30 heavy (non-hydrogen) atoms. The largest absolute Gasteiger partial charge is 0.496 e. The molecule has 3 aromatic rings. The second-order valence-electron chi connectivity index (χ2n) is 8.26. The van der Waals surface area contributed by atoms with E-state index >= 15 is 0 Å². The molecule has 0 radical (unpaired) electrons. The highest BCUT2D eigenvalue weighted by molar-refractivity contribution is 5.61. The lowest BCUT2D eigenvalue weighted by Gasteiger charge is -2.29. The molecule has 4 rings (SSSR count). The molecule has 5 nitrogen and oxygen atoms in total. The third-order valence-electron chi connectivity index (χ3n) is 6.09. The number of hydrogen-bond donors (Lipinski definition) is 2. The molecule has 0 bridgehead atoms. The quantitative estimate of drug-likeness (QED) is 0.648. The van der Waals surface area contributed by atoms with Crippen LogP contribution in [0.25, 0.3) is 11.3 Å². The van der Waals surface area contributed by atoms with Gasteiger partial charge in [-0.05, 0) is 50.2 Å². The molecule has 0 atom stereocenters. The molecule has 0 spiro atoms. The number of aryl methyl sites for hydroxylation is 1. The van der Waals surface area contributed by atoms with Crippen LogP contribution in [0.3, 0.4) is 0 Å². The van der Waals surface area contributed by atoms with E-state index in [4.69, 9.17) is 9.26 Å². The van der Waals surface area contributed by atoms with Gasteiger partial charge in [0.25, 0.3) is 0 Å². The van der Waals surface area contributed by atoms with Gasteiger partial charge in [0.1, 0.15) is 56.5 Å². The van der Waals surface area contributed by atoms with Gasteiger partial charge in [-0.15, -0.1) is 0 Å². The minimum absolute atomic E-state index is 0.246. The van der Waals surface area contributed by atoms with Crippen molar-refractivity contribution in [1.29, 1.82) is 0 Å². The Kier molecular flexibility index (Phi) is 6.16. The molecular formula is C24H30FN3O2+2. The standard InChI is InChI=1S/C24H28FN3O2/c1-17-4-9-23(29-3)20(14-17)15-27-10-12-28(13-11-27)16-22-18(2)24(30-26-22)19-5-7-21(25)8-6-19/h4-9,14H,10-13,15-16H2,1-3H3/p+2. The lowest BCUT2D eigenvalue weighted by atomic mass is 10.1. The number of methoxy groups -OCH3 is 1. The van der Waals surface area contributed by atoms with Gasteiger partial charge in [0.2, 0.25) is 0 Å². The first-order valence-corrected chi connectivity index (χ1v) is 10.5. The average Bonchev–Trinajstić information content (AvgIpc) is 3.10. The van der Waals surface area contributed by atoms with E-state index in [9.17, 15) is 4.39 Å². The van der Waals surface area contributed by atoms with Gasteiger partial charge in [-0.1, -0.05) is 16.8 Å². The fraction of sp³-hybridized carbons (Fsp3) is 0.375. The SMILES string of the molecule is COc1ccc(C)cc1C[NH+]1CC[NH+](Cc2noc(-c3ccc(F)cc3)c2C)CC1. The molecule has 2 heterocycles. The third-order valence-corrected chi connectivity index (χ3v) is 6.09. The van der Waals surface area contributed by atoms with E-state index in [-0.39, 0.29) is 5.82 Å². The van der Waals surface area contributed by atoms with E-state index in [0.29, 0.717) is 0 Å². The van der Waals surface area contributed by atoms with Crippen molar-refractivity contribution in [2.24, 2.45) is 0 Å². The van der Waals surface area contributed by atoms with Crippen molar-refractivity contribution in [2.75, 3.05) is 33.3 Å². The summed E-state index contributed by atoms with van der Waals surface area (Å²) in [6.07, 6.45) is 0. The topological polar surface area (TPSA) is 44.1 Å². The molecule has 1 aliphatic rings. The summed E-state index contributed by atoms with van der Waals surface area (Å²) in [5, 5.41) is 4.31. The summed E-state index contributed by atoms with van der Waals surface area (Å²) in [5.74, 6) is 1.47. The van der Waals surface area contributed by atoms with Crippen LogP contribution in [-0.4, -0.2) is 38.4 Å². The van der Waals surface area contributed by atoms with Gasteiger partial charge in [0, 0.05) is 16.7 Å². The fourth-order valence-electron chi connectivity index (χ4n) is 4.27. The van der Waals surface area contributed by atoms with E-state index in [1.165, 1.54) is 28.2 Å². The van der Waals surface area contributed by atoms with E-state index in [0.717, 1.165) is 67.6 Å². The summed E-state index contributed by atoms with van der Waals surface area (Å²) in [7, 11) is 1.74. The summed E-state index contributed by atoms with van der Waals surface area (Å²) in [6.45, 7) is 10.5. The number of aromatic nitrogens is 1. The molecule has 1 saturated heterocycles. The maximum atomic E-state index is 13.2. The van der Waals surface area contributed by atoms with Crippen LogP contribution < -0.4 is 14.5 Å². The van der Waals surface area contributed by atoms with Gasteiger partial charge in [-0.25, -0.2) is 4.39 Å². The maximum Gasteiger partial charge on any atom is 0.170 e. The highest BCUT2D eigenvalue weighted by Crippen LogP contribution is 2.25. The van der Waals surface area contributed by atoms with Gasteiger partial charge < -0.3 is 19.1 Å². The van der Waals surface area contributed by atoms with Gasteiger partial charge in [-0.3, -0.25) is 0 Å². The van der Waals surface area contributed by atoms with E-state index in [1.54, 1.807) is 24.1 Å². The summed E-state index contributed by atoms with van der Waals surface area (Å²) in [6, 6.07) is 12.8. The van der Waals surface area contributed by atoms with Crippen molar-refractivity contribution in [2.45, 2.75) is 26.9 Å². The van der Waals surface area contributed by atoms with Crippen molar-refractivity contribution < 1.29 is 23.5 Å². The molecule has 0 amide bonds. The van der Waals surface area contributed by atoms with Gasteiger partial charge in [-0.2, -0.15) is 0 Å². The van der Waals surface area contributed by atoms with E-state index in [1.807, 2.05) is 6.92 Å². The van der Waals surface area contributed by atoms with Crippen LogP contribution in [0.2, 0.25) is 0 Å². The second-order valence-corrected chi connectivity index (χ2v) is 8.26. The first-order valence-electron chi connectivity index (χ1n) is 10.5. The van der Waals surface area contributed by atoms with Crippen molar-refractivity contribution >= 4 is 0 Å². The molecular weight excluding hydrogens is 381 g/mol. The number of nitrogens with one attached hydrogen (secondary N) is 2. The Labute approximate surface area is 177 Å². The molecule has 2 aromatic carbocycles. The fourth-order valence-corrected chi connectivity index (χ4v) is 4.27. The van der Waals surface area contributed by atoms with Crippen molar-refractivity contribution in [3.8, 4) is 17.1 Å². The zero-order chi connectivity index (χ0) is 21.1. The van der Waals surface area contributed by atoms with Crippen molar-refractivity contribution in [3.05, 3.63) is 70.7 Å². The van der Waals surface area contributed by atoms with Crippen LogP contribution >= 0.6 is 0 Å². The molecule has 1 fully saturated rings. The summed E-state index contributed by atoms with van der Waals surface area (Å²) < 4.78 is 24.3. The molecule has 158 valence electrons. The Morgan fingerprint density at radius 1 is 0.967 bits per heavy atom. The number of benzene rings is 2. The number of hydrogen-bond acceptors (Lipinski definition) is 3. The van der Waals surface area contributed by atoms with Crippen LogP contribution in [0, 0.1) is 19.7 Å². The lowest BCUT2D eigenvalue weighted by molar-refractivity contribution is -1.02. The first-order chi connectivity index (χ1) is 14.5. The Morgan fingerprint density at radius 2 is 1.63 bits per heavy atom. The number of piperazine rings is 1. The normalized spacial score (nSPS) is 19.1. The first kappa shape index (κ1) is 20.6. The van der Waals surface area contributed by atoms with Gasteiger partial charge in [0.15, 0.2) is 5.76 Å². The van der Waals surface area contributed by atoms with Gasteiger partial charge in [0.05, 0.1) is 7.11 Å². The number of halogens is 1. The molecule has 6 heteroatoms. The minimum Gasteiger partial charge on any atom is -0.496 e. The van der Waals surface area contributed by atoms with Crippen LogP contribution in [0.15, 0.2) is 47.0 Å². The third kappa shape index (κ3) is 4.55. The number of rotatable bonds is 6. The van der Waals surface area contributed by atoms with Crippen molar-refractivity contribution in [3.63, 3.8) is 0 Å². The van der Waals surface area contributed by atoms with Gasteiger partial charge >= 0.3 is 0 Å². The number of nitrogens with zero attached hydrogens (tertiary/aromatic N) is 1. The Balaban J connectivity index is 1.35. The van der Waals surface area contributed by atoms with Crippen LogP contribution in [-0.2, 0) is 13.1 Å². The molecule has 2 N–H and O–H groups in total. The van der Waals surface area contributed by atoms with Crippen LogP contribution in [0.5, 0.6) is 5.75 Å². The summed E-state index contributed by atoms with van der Waals surface area (Å²) in [5.41, 5.74) is 5.46. The Hall–Kier alpha value is -2.70. The lowest BCUT2D eigenvalue weighted by Crippen LogP contribution is -3.27. The van der Waals surface area contributed by atoms with E-state index in [2.05, 4.69) is 30.3 Å². The number of quaternary nitrogens is 2. The average molecular weight is 412 g/mol. The summed E-state index contributed by atoms with van der Waals surface area (Å²) in [4.78, 5) is 3.11. The summed E-state index contributed by atoms with van der Waals surface area (Å²) >= 11 is 0. The molecule has 0 aliphatic carbocycles. The minimum atomic E-state index is -0.246. The molecule has 0 saturated carbocycles. The highest BCUT2D eigenvalue weighted by Gasteiger charge is 2.26. The monoisotopic (exact) mass is 411 g/mol. The Bertz CT molecular complexity index is 992. The van der Waals surface area contributed by atoms with E-state index < -0.39 is 0 Å². The maximum absolute atomic E-state index is 13.2. The molecule has 1 aliphatic heterocycles.